The van der Waals surface area contributed by atoms with Gasteiger partial charge in [-0.1, -0.05) is 6.92 Å². The van der Waals surface area contributed by atoms with E-state index in [0.717, 1.165) is 25.9 Å². The first-order chi connectivity index (χ1) is 7.14. The van der Waals surface area contributed by atoms with Crippen molar-refractivity contribution in [2.75, 3.05) is 19.7 Å². The third-order valence-electron chi connectivity index (χ3n) is 3.34. The summed E-state index contributed by atoms with van der Waals surface area (Å²) in [6, 6.07) is 0.0616. The third kappa shape index (κ3) is 2.92. The molecule has 2 atom stereocenters. The number of carbonyl (C=O) groups excluding carboxylic acids is 1. The van der Waals surface area contributed by atoms with E-state index in [1.165, 1.54) is 0 Å². The first-order valence-electron chi connectivity index (χ1n) is 5.77. The third-order valence-corrected chi connectivity index (χ3v) is 3.34. The van der Waals surface area contributed by atoms with Gasteiger partial charge in [0.1, 0.15) is 0 Å². The van der Waals surface area contributed by atoms with Crippen LogP contribution >= 0.6 is 0 Å². The summed E-state index contributed by atoms with van der Waals surface area (Å²) in [5, 5.41) is 15.0. The van der Waals surface area contributed by atoms with Crippen molar-refractivity contribution in [2.24, 2.45) is 5.41 Å². The number of aliphatic hydroxyl groups excluding tert-OH is 1. The van der Waals surface area contributed by atoms with Crippen LogP contribution in [0.15, 0.2) is 0 Å². The molecule has 0 spiro atoms. The molecule has 15 heavy (non-hydrogen) atoms. The van der Waals surface area contributed by atoms with E-state index in [4.69, 9.17) is 5.11 Å². The summed E-state index contributed by atoms with van der Waals surface area (Å²) < 4.78 is 0. The summed E-state index contributed by atoms with van der Waals surface area (Å²) in [6.07, 6.45) is 2.41. The van der Waals surface area contributed by atoms with Gasteiger partial charge in [0, 0.05) is 19.2 Å². The van der Waals surface area contributed by atoms with Gasteiger partial charge < -0.3 is 15.7 Å². The Hall–Kier alpha value is -0.610. The highest BCUT2D eigenvalue weighted by Gasteiger charge is 2.39. The number of hydrogen-bond donors (Lipinski definition) is 3. The summed E-state index contributed by atoms with van der Waals surface area (Å²) in [6.45, 7) is 5.82. The van der Waals surface area contributed by atoms with E-state index >= 15 is 0 Å². The zero-order chi connectivity index (χ0) is 11.3. The lowest BCUT2D eigenvalue weighted by Crippen LogP contribution is -2.45. The zero-order valence-corrected chi connectivity index (χ0v) is 9.68. The van der Waals surface area contributed by atoms with E-state index in [1.54, 1.807) is 0 Å². The van der Waals surface area contributed by atoms with E-state index in [0.29, 0.717) is 6.42 Å². The van der Waals surface area contributed by atoms with Crippen LogP contribution in [0.5, 0.6) is 0 Å². The summed E-state index contributed by atoms with van der Waals surface area (Å²) in [5.74, 6) is 0.135. The zero-order valence-electron chi connectivity index (χ0n) is 9.68. The lowest BCUT2D eigenvalue weighted by Gasteiger charge is -2.27. The molecule has 1 saturated heterocycles. The van der Waals surface area contributed by atoms with Crippen LogP contribution in [0.2, 0.25) is 0 Å². The highest BCUT2D eigenvalue weighted by Crippen LogP contribution is 2.29. The lowest BCUT2D eigenvalue weighted by molar-refractivity contribution is -0.131. The van der Waals surface area contributed by atoms with Crippen LogP contribution in [0.4, 0.5) is 0 Å². The lowest BCUT2D eigenvalue weighted by atomic mass is 9.83. The van der Waals surface area contributed by atoms with Gasteiger partial charge in [0.05, 0.1) is 5.41 Å². The Morgan fingerprint density at radius 3 is 2.87 bits per heavy atom. The summed E-state index contributed by atoms with van der Waals surface area (Å²) in [4.78, 5) is 12.1. The van der Waals surface area contributed by atoms with Crippen LogP contribution in [0, 0.1) is 5.41 Å². The summed E-state index contributed by atoms with van der Waals surface area (Å²) in [5.41, 5.74) is -0.219. The maximum Gasteiger partial charge on any atom is 0.227 e. The Labute approximate surface area is 91.4 Å². The van der Waals surface area contributed by atoms with Gasteiger partial charge in [-0.3, -0.25) is 4.79 Å². The predicted molar refractivity (Wildman–Crippen MR) is 59.5 cm³/mol. The molecule has 3 N–H and O–H groups in total. The van der Waals surface area contributed by atoms with E-state index in [2.05, 4.69) is 17.6 Å². The van der Waals surface area contributed by atoms with Crippen LogP contribution in [0.25, 0.3) is 0 Å². The maximum absolute atomic E-state index is 12.1. The van der Waals surface area contributed by atoms with E-state index in [9.17, 15) is 4.79 Å². The normalized spacial score (nSPS) is 27.7. The van der Waals surface area contributed by atoms with Crippen molar-refractivity contribution in [2.45, 2.75) is 39.2 Å². The van der Waals surface area contributed by atoms with Crippen LogP contribution in [0.1, 0.15) is 33.1 Å². The van der Waals surface area contributed by atoms with Gasteiger partial charge in [0.2, 0.25) is 5.91 Å². The number of carbonyl (C=O) groups is 1. The molecule has 1 aliphatic heterocycles. The Bertz CT molecular complexity index is 213. The Morgan fingerprint density at radius 2 is 2.40 bits per heavy atom. The van der Waals surface area contributed by atoms with Crippen molar-refractivity contribution in [3.05, 3.63) is 0 Å². The topological polar surface area (TPSA) is 61.4 Å². The molecule has 0 aliphatic carbocycles. The SMILES string of the molecule is CCC1(C(=O)NC(C)CCO)CCNC1. The molecule has 0 bridgehead atoms. The van der Waals surface area contributed by atoms with Gasteiger partial charge >= 0.3 is 0 Å². The number of aliphatic hydroxyl groups is 1. The monoisotopic (exact) mass is 214 g/mol. The van der Waals surface area contributed by atoms with Gasteiger partial charge in [0.25, 0.3) is 0 Å². The molecule has 0 radical (unpaired) electrons. The molecule has 4 heteroatoms. The molecule has 0 aromatic rings. The van der Waals surface area contributed by atoms with Crippen LogP contribution in [-0.2, 0) is 4.79 Å². The van der Waals surface area contributed by atoms with Gasteiger partial charge in [0.15, 0.2) is 0 Å². The fraction of sp³-hybridized carbons (Fsp3) is 0.909. The van der Waals surface area contributed by atoms with Crippen molar-refractivity contribution in [3.63, 3.8) is 0 Å². The molecule has 1 heterocycles. The molecule has 1 amide bonds. The van der Waals surface area contributed by atoms with E-state index < -0.39 is 0 Å². The molecule has 0 aromatic carbocycles. The maximum atomic E-state index is 12.1. The summed E-state index contributed by atoms with van der Waals surface area (Å²) >= 11 is 0. The van der Waals surface area contributed by atoms with Crippen molar-refractivity contribution in [1.29, 1.82) is 0 Å². The fourth-order valence-corrected chi connectivity index (χ4v) is 2.04. The molecule has 1 rings (SSSR count). The second-order valence-electron chi connectivity index (χ2n) is 4.45. The fourth-order valence-electron chi connectivity index (χ4n) is 2.04. The van der Waals surface area contributed by atoms with Gasteiger partial charge in [-0.05, 0) is 32.7 Å². The quantitative estimate of drug-likeness (QED) is 0.615. The van der Waals surface area contributed by atoms with Crippen molar-refractivity contribution < 1.29 is 9.90 Å². The van der Waals surface area contributed by atoms with Crippen molar-refractivity contribution >= 4 is 5.91 Å². The number of rotatable bonds is 5. The van der Waals surface area contributed by atoms with Gasteiger partial charge in [-0.25, -0.2) is 0 Å². The molecule has 1 fully saturated rings. The van der Waals surface area contributed by atoms with E-state index in [-0.39, 0.29) is 24.0 Å². The Kier molecular flexibility index (Phi) is 4.54. The minimum Gasteiger partial charge on any atom is -0.396 e. The molecule has 0 aromatic heterocycles. The Morgan fingerprint density at radius 1 is 1.67 bits per heavy atom. The second kappa shape index (κ2) is 5.47. The first kappa shape index (κ1) is 12.5. The molecular weight excluding hydrogens is 192 g/mol. The van der Waals surface area contributed by atoms with Crippen molar-refractivity contribution in [1.82, 2.24) is 10.6 Å². The second-order valence-corrected chi connectivity index (χ2v) is 4.45. The van der Waals surface area contributed by atoms with Crippen molar-refractivity contribution in [3.8, 4) is 0 Å². The van der Waals surface area contributed by atoms with Gasteiger partial charge in [-0.15, -0.1) is 0 Å². The van der Waals surface area contributed by atoms with Crippen LogP contribution in [0.3, 0.4) is 0 Å². The van der Waals surface area contributed by atoms with Gasteiger partial charge in [-0.2, -0.15) is 0 Å². The highest BCUT2D eigenvalue weighted by atomic mass is 16.3. The number of amides is 1. The molecule has 1 aliphatic rings. The average molecular weight is 214 g/mol. The summed E-state index contributed by atoms with van der Waals surface area (Å²) in [7, 11) is 0. The minimum atomic E-state index is -0.219. The van der Waals surface area contributed by atoms with Crippen LogP contribution in [-0.4, -0.2) is 36.8 Å². The van der Waals surface area contributed by atoms with Crippen LogP contribution < -0.4 is 10.6 Å². The molecule has 88 valence electrons. The Balaban J connectivity index is 2.50. The average Bonchev–Trinajstić information content (AvgIpc) is 2.67. The highest BCUT2D eigenvalue weighted by molar-refractivity contribution is 5.83. The largest absolute Gasteiger partial charge is 0.396 e. The standard InChI is InChI=1S/C11H22N2O2/c1-3-11(5-6-12-8-11)10(15)13-9(2)4-7-14/h9,12,14H,3-8H2,1-2H3,(H,13,15). The first-order valence-corrected chi connectivity index (χ1v) is 5.77. The minimum absolute atomic E-state index is 0.0616. The molecule has 0 saturated carbocycles. The number of nitrogens with one attached hydrogen (secondary N) is 2. The molecular formula is C11H22N2O2. The smallest absolute Gasteiger partial charge is 0.227 e. The predicted octanol–water partition coefficient (Wildman–Crippen LogP) is 0.263. The van der Waals surface area contributed by atoms with E-state index in [1.807, 2.05) is 6.92 Å². The molecule has 4 nitrogen and oxygen atoms in total. The molecule has 2 unspecified atom stereocenters. The number of hydrogen-bond acceptors (Lipinski definition) is 3.